The van der Waals surface area contributed by atoms with Crippen molar-refractivity contribution in [3.63, 3.8) is 0 Å². The summed E-state index contributed by atoms with van der Waals surface area (Å²) in [5.74, 6) is 0.799. The molecule has 0 radical (unpaired) electrons. The van der Waals surface area contributed by atoms with E-state index < -0.39 is 0 Å². The molecule has 0 aliphatic carbocycles. The second-order valence-electron chi connectivity index (χ2n) is 3.28. The Kier molecular flexibility index (Phi) is 2.95. The molecule has 0 atom stereocenters. The molecule has 0 saturated carbocycles. The van der Waals surface area contributed by atoms with Crippen LogP contribution >= 0.6 is 0 Å². The first-order valence-electron chi connectivity index (χ1n) is 4.86. The highest BCUT2D eigenvalue weighted by atomic mass is 16.5. The first-order chi connectivity index (χ1) is 7.74. The number of carbonyl (C=O) groups is 1. The molecule has 0 bridgehead atoms. The number of esters is 1. The molecule has 16 heavy (non-hydrogen) atoms. The third kappa shape index (κ3) is 2.66. The number of para-hydroxylation sites is 1. The van der Waals surface area contributed by atoms with E-state index in [9.17, 15) is 4.79 Å². The molecule has 82 valence electrons. The maximum absolute atomic E-state index is 11.5. The Balaban J connectivity index is 1.95. The molecule has 5 nitrogen and oxygen atoms in total. The molecule has 0 fully saturated rings. The molecule has 0 aliphatic heterocycles. The summed E-state index contributed by atoms with van der Waals surface area (Å²) in [6, 6.07) is 8.93. The molecule has 1 aromatic heterocycles. The summed E-state index contributed by atoms with van der Waals surface area (Å²) in [6.07, 6.45) is 1.50. The van der Waals surface area contributed by atoms with Gasteiger partial charge in [0.2, 0.25) is 0 Å². The molecule has 0 aliphatic rings. The maximum atomic E-state index is 11.5. The van der Waals surface area contributed by atoms with Crippen molar-refractivity contribution in [2.75, 3.05) is 0 Å². The Labute approximate surface area is 92.7 Å². The Bertz CT molecular complexity index is 479. The lowest BCUT2D eigenvalue weighted by Crippen LogP contribution is -2.16. The van der Waals surface area contributed by atoms with Gasteiger partial charge in [-0.05, 0) is 19.1 Å². The van der Waals surface area contributed by atoms with Crippen LogP contribution in [0.1, 0.15) is 5.82 Å². The third-order valence-electron chi connectivity index (χ3n) is 1.92. The van der Waals surface area contributed by atoms with E-state index in [1.807, 2.05) is 18.2 Å². The van der Waals surface area contributed by atoms with Crippen LogP contribution in [0.25, 0.3) is 0 Å². The minimum absolute atomic E-state index is 0.0652. The van der Waals surface area contributed by atoms with Crippen LogP contribution < -0.4 is 4.74 Å². The first-order valence-corrected chi connectivity index (χ1v) is 4.86. The lowest BCUT2D eigenvalue weighted by atomic mass is 10.3. The number of hydrogen-bond donors (Lipinski definition) is 0. The zero-order valence-corrected chi connectivity index (χ0v) is 8.83. The quantitative estimate of drug-likeness (QED) is 0.572. The van der Waals surface area contributed by atoms with Crippen LogP contribution in [0.5, 0.6) is 5.75 Å². The number of benzene rings is 1. The average Bonchev–Trinajstić information content (AvgIpc) is 2.65. The highest BCUT2D eigenvalue weighted by Gasteiger charge is 2.06. The van der Waals surface area contributed by atoms with E-state index in [4.69, 9.17) is 4.74 Å². The molecule has 0 N–H and O–H groups in total. The number of carbonyl (C=O) groups excluding carboxylic acids is 1. The molecular weight excluding hydrogens is 206 g/mol. The highest BCUT2D eigenvalue weighted by molar-refractivity contribution is 5.71. The van der Waals surface area contributed by atoms with Crippen molar-refractivity contribution in [1.82, 2.24) is 14.8 Å². The van der Waals surface area contributed by atoms with Crippen LogP contribution in [0.2, 0.25) is 0 Å². The molecule has 2 rings (SSSR count). The molecule has 0 spiro atoms. The number of nitrogens with zero attached hydrogens (tertiary/aromatic N) is 3. The van der Waals surface area contributed by atoms with Gasteiger partial charge >= 0.3 is 5.97 Å². The fourth-order valence-corrected chi connectivity index (χ4v) is 1.25. The van der Waals surface area contributed by atoms with Gasteiger partial charge in [-0.1, -0.05) is 18.2 Å². The number of aromatic nitrogens is 3. The molecule has 0 saturated heterocycles. The molecule has 1 aromatic carbocycles. The second kappa shape index (κ2) is 4.57. The van der Waals surface area contributed by atoms with Gasteiger partial charge in [-0.15, -0.1) is 0 Å². The summed E-state index contributed by atoms with van der Waals surface area (Å²) in [4.78, 5) is 15.4. The Morgan fingerprint density at radius 1 is 1.38 bits per heavy atom. The van der Waals surface area contributed by atoms with Gasteiger partial charge in [-0.3, -0.25) is 0 Å². The van der Waals surface area contributed by atoms with Gasteiger partial charge in [0.1, 0.15) is 24.4 Å². The van der Waals surface area contributed by atoms with Crippen LogP contribution in [0, 0.1) is 6.92 Å². The van der Waals surface area contributed by atoms with Gasteiger partial charge in [0.05, 0.1) is 0 Å². The van der Waals surface area contributed by atoms with Crippen LogP contribution in [0.4, 0.5) is 0 Å². The topological polar surface area (TPSA) is 57.0 Å². The zero-order chi connectivity index (χ0) is 11.4. The predicted octanol–water partition coefficient (Wildman–Crippen LogP) is 1.19. The van der Waals surface area contributed by atoms with Gasteiger partial charge in [0.25, 0.3) is 0 Å². The van der Waals surface area contributed by atoms with Gasteiger partial charge in [-0.25, -0.2) is 14.5 Å². The summed E-state index contributed by atoms with van der Waals surface area (Å²) in [5.41, 5.74) is 0. The number of ether oxygens (including phenoxy) is 1. The number of aryl methyl sites for hydroxylation is 1. The van der Waals surface area contributed by atoms with Crippen molar-refractivity contribution in [3.05, 3.63) is 42.5 Å². The molecule has 0 amide bonds. The van der Waals surface area contributed by atoms with Gasteiger partial charge in [0, 0.05) is 0 Å². The first kappa shape index (κ1) is 10.4. The van der Waals surface area contributed by atoms with Crippen LogP contribution in [0.3, 0.4) is 0 Å². The smallest absolute Gasteiger partial charge is 0.333 e. The SMILES string of the molecule is Cc1ncn(CC(=O)Oc2ccccc2)n1. The summed E-state index contributed by atoms with van der Waals surface area (Å²) >= 11 is 0. The fourth-order valence-electron chi connectivity index (χ4n) is 1.25. The molecule has 1 heterocycles. The second-order valence-corrected chi connectivity index (χ2v) is 3.28. The normalized spacial score (nSPS) is 10.1. The average molecular weight is 217 g/mol. The zero-order valence-electron chi connectivity index (χ0n) is 8.83. The predicted molar refractivity (Wildman–Crippen MR) is 56.8 cm³/mol. The summed E-state index contributed by atoms with van der Waals surface area (Å²) in [7, 11) is 0. The van der Waals surface area contributed by atoms with Crippen LogP contribution in [-0.4, -0.2) is 20.7 Å². The van der Waals surface area contributed by atoms with Crippen LogP contribution in [0.15, 0.2) is 36.7 Å². The van der Waals surface area contributed by atoms with Crippen molar-refractivity contribution >= 4 is 5.97 Å². The van der Waals surface area contributed by atoms with E-state index in [1.54, 1.807) is 19.1 Å². The van der Waals surface area contributed by atoms with E-state index in [2.05, 4.69) is 10.1 Å². The molecular formula is C11H11N3O2. The van der Waals surface area contributed by atoms with E-state index in [1.165, 1.54) is 11.0 Å². The molecule has 0 unspecified atom stereocenters. The lowest BCUT2D eigenvalue weighted by Gasteiger charge is -2.03. The summed E-state index contributed by atoms with van der Waals surface area (Å²) in [5, 5.41) is 4.00. The maximum Gasteiger partial charge on any atom is 0.333 e. The minimum atomic E-state index is -0.365. The van der Waals surface area contributed by atoms with Crippen molar-refractivity contribution in [1.29, 1.82) is 0 Å². The summed E-state index contributed by atoms with van der Waals surface area (Å²) < 4.78 is 6.55. The molecule has 2 aromatic rings. The van der Waals surface area contributed by atoms with Gasteiger partial charge in [-0.2, -0.15) is 5.10 Å². The Morgan fingerprint density at radius 2 is 2.12 bits per heavy atom. The Morgan fingerprint density at radius 3 is 2.75 bits per heavy atom. The number of rotatable bonds is 3. The van der Waals surface area contributed by atoms with Crippen molar-refractivity contribution in [3.8, 4) is 5.75 Å². The fraction of sp³-hybridized carbons (Fsp3) is 0.182. The van der Waals surface area contributed by atoms with E-state index in [0.717, 1.165) is 0 Å². The highest BCUT2D eigenvalue weighted by Crippen LogP contribution is 2.08. The van der Waals surface area contributed by atoms with E-state index >= 15 is 0 Å². The standard InChI is InChI=1S/C11H11N3O2/c1-9-12-8-14(13-9)7-11(15)16-10-5-3-2-4-6-10/h2-6,8H,7H2,1H3. The van der Waals surface area contributed by atoms with Crippen LogP contribution in [-0.2, 0) is 11.3 Å². The van der Waals surface area contributed by atoms with Gasteiger partial charge < -0.3 is 4.74 Å². The van der Waals surface area contributed by atoms with E-state index in [0.29, 0.717) is 11.6 Å². The Hall–Kier alpha value is -2.17. The number of hydrogen-bond acceptors (Lipinski definition) is 4. The summed E-state index contributed by atoms with van der Waals surface area (Å²) in [6.45, 7) is 1.83. The van der Waals surface area contributed by atoms with E-state index in [-0.39, 0.29) is 12.5 Å². The minimum Gasteiger partial charge on any atom is -0.425 e. The van der Waals surface area contributed by atoms with Crippen molar-refractivity contribution in [2.45, 2.75) is 13.5 Å². The lowest BCUT2D eigenvalue weighted by molar-refractivity contribution is -0.135. The third-order valence-corrected chi connectivity index (χ3v) is 1.92. The van der Waals surface area contributed by atoms with Crippen molar-refractivity contribution in [2.24, 2.45) is 0 Å². The molecule has 5 heteroatoms. The monoisotopic (exact) mass is 217 g/mol. The van der Waals surface area contributed by atoms with Gasteiger partial charge in [0.15, 0.2) is 0 Å². The largest absolute Gasteiger partial charge is 0.425 e. The van der Waals surface area contributed by atoms with Crippen molar-refractivity contribution < 1.29 is 9.53 Å².